The Hall–Kier alpha value is -2.63. The average Bonchev–Trinajstić information content (AvgIpc) is 3.45. The van der Waals surface area contributed by atoms with Gasteiger partial charge in [0.15, 0.2) is 0 Å². The molecule has 1 aromatic rings. The first-order chi connectivity index (χ1) is 13.5. The number of benzene rings is 1. The highest BCUT2D eigenvalue weighted by Crippen LogP contribution is 2.44. The highest BCUT2D eigenvalue weighted by Gasteiger charge is 2.48. The monoisotopic (exact) mass is 381 g/mol. The molecule has 6 nitrogen and oxygen atoms in total. The second kappa shape index (κ2) is 7.41. The lowest BCUT2D eigenvalue weighted by molar-refractivity contribution is -0.129. The lowest BCUT2D eigenvalue weighted by Gasteiger charge is -2.48. The van der Waals surface area contributed by atoms with Gasteiger partial charge in [0.2, 0.25) is 17.7 Å². The zero-order valence-electron chi connectivity index (χ0n) is 16.0. The number of hydrogen-bond donors (Lipinski definition) is 2. The molecule has 4 rings (SSSR count). The molecular formula is C22H27N3O3. The van der Waals surface area contributed by atoms with Crippen molar-refractivity contribution in [2.75, 3.05) is 13.1 Å². The summed E-state index contributed by atoms with van der Waals surface area (Å²) in [5.41, 5.74) is 0.990. The second-order valence-electron chi connectivity index (χ2n) is 8.36. The number of nitrogens with one attached hydrogen (secondary N) is 2. The van der Waals surface area contributed by atoms with Gasteiger partial charge in [-0.3, -0.25) is 14.4 Å². The van der Waals surface area contributed by atoms with E-state index < -0.39 is 0 Å². The van der Waals surface area contributed by atoms with E-state index in [1.165, 1.54) is 11.6 Å². The van der Waals surface area contributed by atoms with Gasteiger partial charge in [-0.15, -0.1) is 0 Å². The standard InChI is InChI=1S/C22H27N3O3/c1-2-19(26)23-14-22(16-6-4-3-5-7-16)11-17(12-22)24-21(28)15-10-20(27)25(13-15)18-8-9-18/h2-7,15,17-18H,1,8-14H2,(H,23,26)(H,24,28). The summed E-state index contributed by atoms with van der Waals surface area (Å²) in [4.78, 5) is 38.3. The largest absolute Gasteiger partial charge is 0.353 e. The van der Waals surface area contributed by atoms with Crippen molar-refractivity contribution in [3.05, 3.63) is 48.6 Å². The molecule has 148 valence electrons. The fourth-order valence-corrected chi connectivity index (χ4v) is 4.55. The number of nitrogens with zero attached hydrogens (tertiary/aromatic N) is 1. The Labute approximate surface area is 165 Å². The highest BCUT2D eigenvalue weighted by molar-refractivity contribution is 5.90. The number of rotatable bonds is 7. The van der Waals surface area contributed by atoms with E-state index in [1.54, 1.807) is 0 Å². The molecule has 1 unspecified atom stereocenters. The lowest BCUT2D eigenvalue weighted by Crippen LogP contribution is -2.58. The molecule has 3 fully saturated rings. The second-order valence-corrected chi connectivity index (χ2v) is 8.36. The topological polar surface area (TPSA) is 78.5 Å². The van der Waals surface area contributed by atoms with Crippen molar-refractivity contribution in [3.63, 3.8) is 0 Å². The van der Waals surface area contributed by atoms with Gasteiger partial charge in [0.25, 0.3) is 0 Å². The summed E-state index contributed by atoms with van der Waals surface area (Å²) in [5, 5.41) is 6.05. The molecule has 0 spiro atoms. The molecule has 2 aliphatic carbocycles. The van der Waals surface area contributed by atoms with Gasteiger partial charge in [-0.25, -0.2) is 0 Å². The SMILES string of the molecule is C=CC(=O)NCC1(c2ccccc2)CC(NC(=O)C2CC(=O)N(C3CC3)C2)C1. The lowest BCUT2D eigenvalue weighted by atomic mass is 9.61. The van der Waals surface area contributed by atoms with Crippen LogP contribution >= 0.6 is 0 Å². The van der Waals surface area contributed by atoms with Crippen LogP contribution in [0.5, 0.6) is 0 Å². The van der Waals surface area contributed by atoms with Crippen LogP contribution in [-0.4, -0.2) is 47.8 Å². The first-order valence-corrected chi connectivity index (χ1v) is 10.1. The Morgan fingerprint density at radius 1 is 1.21 bits per heavy atom. The normalized spacial score (nSPS) is 29.1. The Morgan fingerprint density at radius 3 is 2.57 bits per heavy atom. The molecule has 1 heterocycles. The van der Waals surface area contributed by atoms with Gasteiger partial charge in [-0.05, 0) is 37.3 Å². The smallest absolute Gasteiger partial charge is 0.243 e. The van der Waals surface area contributed by atoms with E-state index in [1.807, 2.05) is 23.1 Å². The van der Waals surface area contributed by atoms with Crippen molar-refractivity contribution in [1.29, 1.82) is 0 Å². The van der Waals surface area contributed by atoms with Crippen LogP contribution in [0.3, 0.4) is 0 Å². The van der Waals surface area contributed by atoms with Crippen molar-refractivity contribution in [3.8, 4) is 0 Å². The molecule has 0 aromatic heterocycles. The van der Waals surface area contributed by atoms with Crippen LogP contribution in [0.4, 0.5) is 0 Å². The molecule has 1 aromatic carbocycles. The molecule has 6 heteroatoms. The number of likely N-dealkylation sites (tertiary alicyclic amines) is 1. The van der Waals surface area contributed by atoms with Gasteiger partial charge >= 0.3 is 0 Å². The minimum atomic E-state index is -0.236. The first-order valence-electron chi connectivity index (χ1n) is 10.1. The molecule has 3 aliphatic rings. The number of hydrogen-bond acceptors (Lipinski definition) is 3. The maximum atomic E-state index is 12.7. The summed E-state index contributed by atoms with van der Waals surface area (Å²) in [6, 6.07) is 10.5. The number of amides is 3. The van der Waals surface area contributed by atoms with E-state index >= 15 is 0 Å². The maximum Gasteiger partial charge on any atom is 0.243 e. The van der Waals surface area contributed by atoms with Crippen molar-refractivity contribution >= 4 is 17.7 Å². The van der Waals surface area contributed by atoms with Crippen molar-refractivity contribution in [1.82, 2.24) is 15.5 Å². The van der Waals surface area contributed by atoms with Crippen LogP contribution in [0.1, 0.15) is 37.7 Å². The van der Waals surface area contributed by atoms with Crippen LogP contribution < -0.4 is 10.6 Å². The third kappa shape index (κ3) is 3.68. The van der Waals surface area contributed by atoms with Gasteiger partial charge in [0, 0.05) is 37.0 Å². The third-order valence-corrected chi connectivity index (χ3v) is 6.31. The van der Waals surface area contributed by atoms with Crippen LogP contribution in [0, 0.1) is 5.92 Å². The Bertz CT molecular complexity index is 781. The summed E-state index contributed by atoms with van der Waals surface area (Å²) in [6.07, 6.45) is 5.28. The fraction of sp³-hybridized carbons (Fsp3) is 0.500. The predicted molar refractivity (Wildman–Crippen MR) is 105 cm³/mol. The highest BCUT2D eigenvalue weighted by atomic mass is 16.2. The van der Waals surface area contributed by atoms with E-state index in [4.69, 9.17) is 0 Å². The first kappa shape index (κ1) is 18.7. The number of carbonyl (C=O) groups excluding carboxylic acids is 3. The van der Waals surface area contributed by atoms with Crippen LogP contribution in [-0.2, 0) is 19.8 Å². The Morgan fingerprint density at radius 2 is 1.93 bits per heavy atom. The summed E-state index contributed by atoms with van der Waals surface area (Å²) in [6.45, 7) is 4.58. The molecule has 0 bridgehead atoms. The summed E-state index contributed by atoms with van der Waals surface area (Å²) in [5.74, 6) is -0.326. The minimum absolute atomic E-state index is 0.0155. The zero-order valence-corrected chi connectivity index (χ0v) is 16.0. The molecule has 1 atom stereocenters. The molecule has 2 N–H and O–H groups in total. The molecule has 3 amide bonds. The van der Waals surface area contributed by atoms with E-state index in [9.17, 15) is 14.4 Å². The van der Waals surface area contributed by atoms with Crippen LogP contribution in [0.2, 0.25) is 0 Å². The van der Waals surface area contributed by atoms with E-state index in [-0.39, 0.29) is 35.1 Å². The van der Waals surface area contributed by atoms with E-state index in [0.29, 0.717) is 25.6 Å². The average molecular weight is 381 g/mol. The molecule has 1 saturated heterocycles. The fourth-order valence-electron chi connectivity index (χ4n) is 4.55. The van der Waals surface area contributed by atoms with Gasteiger partial charge in [0.05, 0.1) is 5.92 Å². The quantitative estimate of drug-likeness (QED) is 0.703. The summed E-state index contributed by atoms with van der Waals surface area (Å²) >= 11 is 0. The van der Waals surface area contributed by atoms with Crippen molar-refractivity contribution in [2.45, 2.75) is 49.6 Å². The van der Waals surface area contributed by atoms with Crippen molar-refractivity contribution < 1.29 is 14.4 Å². The van der Waals surface area contributed by atoms with Gasteiger partial charge in [0.1, 0.15) is 0 Å². The summed E-state index contributed by atoms with van der Waals surface area (Å²) in [7, 11) is 0. The summed E-state index contributed by atoms with van der Waals surface area (Å²) < 4.78 is 0. The maximum absolute atomic E-state index is 12.7. The zero-order chi connectivity index (χ0) is 19.7. The Balaban J connectivity index is 1.36. The molecule has 28 heavy (non-hydrogen) atoms. The Kier molecular flexibility index (Phi) is 4.96. The molecular weight excluding hydrogens is 354 g/mol. The van der Waals surface area contributed by atoms with E-state index in [0.717, 1.165) is 25.7 Å². The predicted octanol–water partition coefficient (Wildman–Crippen LogP) is 1.52. The minimum Gasteiger partial charge on any atom is -0.353 e. The van der Waals surface area contributed by atoms with E-state index in [2.05, 4.69) is 29.3 Å². The molecule has 1 aliphatic heterocycles. The van der Waals surface area contributed by atoms with Crippen LogP contribution in [0.15, 0.2) is 43.0 Å². The van der Waals surface area contributed by atoms with Gasteiger partial charge in [-0.2, -0.15) is 0 Å². The molecule has 0 radical (unpaired) electrons. The number of carbonyl (C=O) groups is 3. The van der Waals surface area contributed by atoms with Gasteiger partial charge < -0.3 is 15.5 Å². The van der Waals surface area contributed by atoms with Crippen molar-refractivity contribution in [2.24, 2.45) is 5.92 Å². The van der Waals surface area contributed by atoms with Crippen LogP contribution in [0.25, 0.3) is 0 Å². The molecule has 2 saturated carbocycles. The van der Waals surface area contributed by atoms with Gasteiger partial charge in [-0.1, -0.05) is 36.9 Å². The third-order valence-electron chi connectivity index (χ3n) is 6.31.